The van der Waals surface area contributed by atoms with Crippen molar-refractivity contribution in [3.8, 4) is 0 Å². The summed E-state index contributed by atoms with van der Waals surface area (Å²) in [5, 5.41) is 0. The zero-order valence-corrected chi connectivity index (χ0v) is 7.39. The lowest BCUT2D eigenvalue weighted by atomic mass is 12.0. The average Bonchev–Trinajstić information content (AvgIpc) is 1.65. The molecular weight excluding hydrogens is 182 g/mol. The second-order valence-corrected chi connectivity index (χ2v) is 4.45. The summed E-state index contributed by atoms with van der Waals surface area (Å²) in [6, 6.07) is 0. The lowest BCUT2D eigenvalue weighted by Gasteiger charge is -2.08. The fourth-order valence-electron chi connectivity index (χ4n) is 0.263. The van der Waals surface area contributed by atoms with Crippen LogP contribution in [-0.4, -0.2) is 28.6 Å². The van der Waals surface area contributed by atoms with E-state index in [4.69, 9.17) is 4.55 Å². The highest BCUT2D eigenvalue weighted by Gasteiger charge is 2.15. The van der Waals surface area contributed by atoms with E-state index in [2.05, 4.69) is 0 Å². The van der Waals surface area contributed by atoms with E-state index in [9.17, 15) is 8.42 Å². The van der Waals surface area contributed by atoms with E-state index in [-0.39, 0.29) is 0 Å². The SMILES string of the molecule is CSN(SC)S(=O)(=O)O. The monoisotopic (exact) mass is 189 g/mol. The molecule has 0 saturated carbocycles. The number of hydrogen-bond donors (Lipinski definition) is 1. The van der Waals surface area contributed by atoms with Gasteiger partial charge in [0, 0.05) is 0 Å². The highest BCUT2D eigenvalue weighted by Crippen LogP contribution is 2.19. The van der Waals surface area contributed by atoms with E-state index in [1.54, 1.807) is 12.5 Å². The van der Waals surface area contributed by atoms with Crippen LogP contribution in [0, 0.1) is 0 Å². The van der Waals surface area contributed by atoms with Crippen LogP contribution in [0.1, 0.15) is 0 Å². The van der Waals surface area contributed by atoms with E-state index in [1.165, 1.54) is 0 Å². The van der Waals surface area contributed by atoms with Gasteiger partial charge in [0.25, 0.3) is 0 Å². The highest BCUT2D eigenvalue weighted by atomic mass is 32.3. The molecule has 0 aromatic carbocycles. The van der Waals surface area contributed by atoms with Crippen molar-refractivity contribution in [1.29, 1.82) is 0 Å². The summed E-state index contributed by atoms with van der Waals surface area (Å²) in [6.07, 6.45) is 3.12. The molecule has 0 aliphatic rings. The first-order valence-electron chi connectivity index (χ1n) is 1.88. The summed E-state index contributed by atoms with van der Waals surface area (Å²) < 4.78 is 29.6. The molecular formula is C2H7NO3S3. The van der Waals surface area contributed by atoms with Crippen LogP contribution >= 0.6 is 23.9 Å². The molecule has 0 radical (unpaired) electrons. The lowest BCUT2D eigenvalue weighted by molar-refractivity contribution is 0.466. The Morgan fingerprint density at radius 3 is 1.67 bits per heavy atom. The Morgan fingerprint density at radius 2 is 1.67 bits per heavy atom. The molecule has 0 saturated heterocycles. The van der Waals surface area contributed by atoms with Gasteiger partial charge in [-0.2, -0.15) is 8.42 Å². The molecule has 0 spiro atoms. The van der Waals surface area contributed by atoms with Crippen LogP contribution < -0.4 is 0 Å². The predicted molar refractivity (Wildman–Crippen MR) is 40.4 cm³/mol. The summed E-state index contributed by atoms with van der Waals surface area (Å²) in [7, 11) is -4.01. The minimum absolute atomic E-state index is 0.799. The number of rotatable bonds is 3. The Balaban J connectivity index is 4.14. The number of nitrogens with zero attached hydrogens (tertiary/aromatic N) is 1. The van der Waals surface area contributed by atoms with E-state index in [0.29, 0.717) is 0 Å². The molecule has 0 fully saturated rings. The Hall–Kier alpha value is 0.570. The van der Waals surface area contributed by atoms with Crippen molar-refractivity contribution < 1.29 is 13.0 Å². The Morgan fingerprint density at radius 1 is 1.33 bits per heavy atom. The molecule has 0 bridgehead atoms. The highest BCUT2D eigenvalue weighted by molar-refractivity contribution is 8.21. The molecule has 0 aromatic heterocycles. The first kappa shape index (κ1) is 9.57. The van der Waals surface area contributed by atoms with Crippen molar-refractivity contribution in [2.75, 3.05) is 12.5 Å². The van der Waals surface area contributed by atoms with E-state index in [1.807, 2.05) is 0 Å². The molecule has 0 rings (SSSR count). The van der Waals surface area contributed by atoms with Crippen LogP contribution in [-0.2, 0) is 10.3 Å². The van der Waals surface area contributed by atoms with Gasteiger partial charge in [-0.05, 0) is 12.5 Å². The normalized spacial score (nSPS) is 12.4. The second-order valence-electron chi connectivity index (χ2n) is 1.04. The predicted octanol–water partition coefficient (Wildman–Crippen LogP) is 0.647. The summed E-state index contributed by atoms with van der Waals surface area (Å²) in [4.78, 5) is 0. The second kappa shape index (κ2) is 3.67. The summed E-state index contributed by atoms with van der Waals surface area (Å²) in [5.74, 6) is 0. The zero-order chi connectivity index (χ0) is 7.49. The van der Waals surface area contributed by atoms with Gasteiger partial charge in [-0.25, -0.2) is 0 Å². The van der Waals surface area contributed by atoms with E-state index in [0.717, 1.165) is 27.0 Å². The standard InChI is InChI=1S/C2H7NO3S3/c1-7-3(8-2)9(4,5)6/h1-2H3,(H,4,5,6). The molecule has 0 atom stereocenters. The van der Waals surface area contributed by atoms with Crippen LogP contribution in [0.5, 0.6) is 0 Å². The zero-order valence-electron chi connectivity index (χ0n) is 4.94. The molecule has 7 heteroatoms. The quantitative estimate of drug-likeness (QED) is 0.522. The molecule has 0 heterocycles. The van der Waals surface area contributed by atoms with Crippen LogP contribution in [0.3, 0.4) is 0 Å². The van der Waals surface area contributed by atoms with Gasteiger partial charge in [0.1, 0.15) is 0 Å². The molecule has 4 nitrogen and oxygen atoms in total. The van der Waals surface area contributed by atoms with Crippen molar-refractivity contribution in [2.24, 2.45) is 0 Å². The van der Waals surface area contributed by atoms with Crippen molar-refractivity contribution >= 4 is 34.2 Å². The fraction of sp³-hybridized carbons (Fsp3) is 1.00. The third-order valence-corrected chi connectivity index (χ3v) is 4.38. The summed E-state index contributed by atoms with van der Waals surface area (Å²) in [5.41, 5.74) is 0. The Bertz CT molecular complexity index is 160. The summed E-state index contributed by atoms with van der Waals surface area (Å²) >= 11 is 1.87. The Kier molecular flexibility index (Phi) is 3.90. The third-order valence-electron chi connectivity index (χ3n) is 0.487. The molecule has 0 aliphatic carbocycles. The maximum absolute atomic E-state index is 10.2. The maximum atomic E-state index is 10.2. The minimum Gasteiger partial charge on any atom is -0.272 e. The van der Waals surface area contributed by atoms with Crippen molar-refractivity contribution in [3.63, 3.8) is 0 Å². The van der Waals surface area contributed by atoms with E-state index < -0.39 is 10.3 Å². The fourth-order valence-corrected chi connectivity index (χ4v) is 2.37. The summed E-state index contributed by atoms with van der Waals surface area (Å²) in [6.45, 7) is 0. The van der Waals surface area contributed by atoms with Crippen molar-refractivity contribution in [2.45, 2.75) is 0 Å². The molecule has 9 heavy (non-hydrogen) atoms. The maximum Gasteiger partial charge on any atom is 0.354 e. The number of hydrogen-bond acceptors (Lipinski definition) is 4. The first-order valence-corrected chi connectivity index (χ1v) is 5.64. The first-order chi connectivity index (χ1) is 4.02. The van der Waals surface area contributed by atoms with Gasteiger partial charge in [-0.1, -0.05) is 27.0 Å². The van der Waals surface area contributed by atoms with Gasteiger partial charge in [-0.15, -0.1) is 0 Å². The van der Waals surface area contributed by atoms with Gasteiger partial charge in [0.2, 0.25) is 0 Å². The van der Waals surface area contributed by atoms with Gasteiger partial charge in [0.15, 0.2) is 0 Å². The molecule has 0 unspecified atom stereocenters. The smallest absolute Gasteiger partial charge is 0.272 e. The minimum atomic E-state index is -4.01. The van der Waals surface area contributed by atoms with Gasteiger partial charge in [0.05, 0.1) is 0 Å². The van der Waals surface area contributed by atoms with Crippen molar-refractivity contribution in [3.05, 3.63) is 0 Å². The molecule has 1 N–H and O–H groups in total. The molecule has 0 aliphatic heterocycles. The van der Waals surface area contributed by atoms with Crippen LogP contribution in [0.4, 0.5) is 0 Å². The molecule has 0 amide bonds. The molecule has 0 aromatic rings. The van der Waals surface area contributed by atoms with Gasteiger partial charge >= 0.3 is 10.3 Å². The largest absolute Gasteiger partial charge is 0.354 e. The topological polar surface area (TPSA) is 57.6 Å². The van der Waals surface area contributed by atoms with Crippen LogP contribution in [0.2, 0.25) is 0 Å². The van der Waals surface area contributed by atoms with E-state index >= 15 is 0 Å². The van der Waals surface area contributed by atoms with Crippen LogP contribution in [0.25, 0.3) is 0 Å². The Labute approximate surface area is 63.1 Å². The van der Waals surface area contributed by atoms with Gasteiger partial charge in [-0.3, -0.25) is 4.55 Å². The lowest BCUT2D eigenvalue weighted by Crippen LogP contribution is -2.14. The van der Waals surface area contributed by atoms with Crippen LogP contribution in [0.15, 0.2) is 0 Å². The van der Waals surface area contributed by atoms with Gasteiger partial charge < -0.3 is 0 Å². The molecule has 56 valence electrons. The third kappa shape index (κ3) is 3.31. The van der Waals surface area contributed by atoms with Crippen molar-refractivity contribution in [1.82, 2.24) is 3.12 Å². The average molecular weight is 189 g/mol.